The van der Waals surface area contributed by atoms with Gasteiger partial charge in [-0.25, -0.2) is 0 Å². The number of Topliss-reactive ketones (excluding diaryl/α,β-unsaturated/α-hetero) is 1. The van der Waals surface area contributed by atoms with Gasteiger partial charge in [0.15, 0.2) is 12.4 Å². The minimum absolute atomic E-state index is 0.0590. The van der Waals surface area contributed by atoms with E-state index in [0.29, 0.717) is 12.2 Å². The third kappa shape index (κ3) is 5.72. The standard InChI is InChI=1S/C18H18N2O5/c1-13(21)17(11-14-5-3-2-4-6-14)19-18(22)12-25-16-9-7-15(8-10-16)20(23)24/h2-10,17H,11-12H2,1H3,(H,19,22)/t17-/m1/s1. The van der Waals surface area contributed by atoms with Crippen LogP contribution in [0.5, 0.6) is 5.75 Å². The van der Waals surface area contributed by atoms with E-state index in [2.05, 4.69) is 5.32 Å². The number of hydrogen-bond acceptors (Lipinski definition) is 5. The van der Waals surface area contributed by atoms with Crippen molar-refractivity contribution in [1.82, 2.24) is 5.32 Å². The summed E-state index contributed by atoms with van der Waals surface area (Å²) in [4.78, 5) is 33.8. The van der Waals surface area contributed by atoms with Crippen LogP contribution in [0.25, 0.3) is 0 Å². The molecule has 25 heavy (non-hydrogen) atoms. The molecule has 0 aromatic heterocycles. The average Bonchev–Trinajstić information content (AvgIpc) is 2.60. The Hall–Kier alpha value is -3.22. The Bertz CT molecular complexity index is 744. The molecule has 2 aromatic rings. The van der Waals surface area contributed by atoms with Crippen LogP contribution in [0.15, 0.2) is 54.6 Å². The van der Waals surface area contributed by atoms with Crippen molar-refractivity contribution in [2.24, 2.45) is 0 Å². The second kappa shape index (κ2) is 8.58. The van der Waals surface area contributed by atoms with Crippen LogP contribution in [0.3, 0.4) is 0 Å². The molecule has 1 amide bonds. The molecular weight excluding hydrogens is 324 g/mol. The van der Waals surface area contributed by atoms with Crippen molar-refractivity contribution < 1.29 is 19.2 Å². The van der Waals surface area contributed by atoms with Crippen molar-refractivity contribution in [2.45, 2.75) is 19.4 Å². The number of benzene rings is 2. The molecule has 2 rings (SSSR count). The number of rotatable bonds is 8. The molecule has 0 aliphatic heterocycles. The van der Waals surface area contributed by atoms with Crippen molar-refractivity contribution in [3.05, 3.63) is 70.3 Å². The molecular formula is C18H18N2O5. The predicted molar refractivity (Wildman–Crippen MR) is 91.3 cm³/mol. The topological polar surface area (TPSA) is 98.5 Å². The minimum Gasteiger partial charge on any atom is -0.484 e. The molecule has 0 unspecified atom stereocenters. The number of nitrogens with zero attached hydrogens (tertiary/aromatic N) is 1. The van der Waals surface area contributed by atoms with Crippen LogP contribution in [0.2, 0.25) is 0 Å². The molecule has 0 saturated carbocycles. The number of nitrogens with one attached hydrogen (secondary N) is 1. The van der Waals surface area contributed by atoms with Gasteiger partial charge in [-0.05, 0) is 31.0 Å². The Labute approximate surface area is 144 Å². The lowest BCUT2D eigenvalue weighted by Crippen LogP contribution is -2.43. The lowest BCUT2D eigenvalue weighted by molar-refractivity contribution is -0.384. The van der Waals surface area contributed by atoms with Crippen LogP contribution in [-0.4, -0.2) is 29.3 Å². The van der Waals surface area contributed by atoms with Gasteiger partial charge in [-0.2, -0.15) is 0 Å². The lowest BCUT2D eigenvalue weighted by atomic mass is 10.0. The van der Waals surface area contributed by atoms with Crippen molar-refractivity contribution >= 4 is 17.4 Å². The summed E-state index contributed by atoms with van der Waals surface area (Å²) < 4.78 is 5.29. The van der Waals surface area contributed by atoms with Gasteiger partial charge >= 0.3 is 0 Å². The van der Waals surface area contributed by atoms with Gasteiger partial charge in [0.1, 0.15) is 5.75 Å². The summed E-state index contributed by atoms with van der Waals surface area (Å²) in [5, 5.41) is 13.2. The quantitative estimate of drug-likeness (QED) is 0.586. The maximum Gasteiger partial charge on any atom is 0.269 e. The highest BCUT2D eigenvalue weighted by molar-refractivity contribution is 5.88. The molecule has 7 nitrogen and oxygen atoms in total. The number of ether oxygens (including phenoxy) is 1. The zero-order valence-corrected chi connectivity index (χ0v) is 13.7. The first-order valence-electron chi connectivity index (χ1n) is 7.66. The summed E-state index contributed by atoms with van der Waals surface area (Å²) in [6, 6.07) is 14.2. The second-order valence-corrected chi connectivity index (χ2v) is 5.46. The number of nitro groups is 1. The van der Waals surface area contributed by atoms with Gasteiger partial charge in [0, 0.05) is 12.1 Å². The summed E-state index contributed by atoms with van der Waals surface area (Å²) >= 11 is 0. The number of nitro benzene ring substituents is 1. The molecule has 130 valence electrons. The van der Waals surface area contributed by atoms with Crippen LogP contribution in [-0.2, 0) is 16.0 Å². The van der Waals surface area contributed by atoms with E-state index in [1.165, 1.54) is 31.2 Å². The van der Waals surface area contributed by atoms with Gasteiger partial charge in [0.25, 0.3) is 11.6 Å². The molecule has 7 heteroatoms. The molecule has 0 bridgehead atoms. The molecule has 0 heterocycles. The molecule has 0 radical (unpaired) electrons. The molecule has 1 N–H and O–H groups in total. The van der Waals surface area contributed by atoms with Gasteiger partial charge in [-0.1, -0.05) is 30.3 Å². The van der Waals surface area contributed by atoms with Gasteiger partial charge in [0.2, 0.25) is 0 Å². The fourth-order valence-corrected chi connectivity index (χ4v) is 2.20. The third-order valence-electron chi connectivity index (χ3n) is 3.53. The number of amides is 1. The molecule has 1 atom stereocenters. The molecule has 0 saturated heterocycles. The first-order valence-corrected chi connectivity index (χ1v) is 7.66. The second-order valence-electron chi connectivity index (χ2n) is 5.46. The number of non-ortho nitro benzene ring substituents is 1. The van der Waals surface area contributed by atoms with E-state index in [1.54, 1.807) is 0 Å². The molecule has 0 aliphatic rings. The van der Waals surface area contributed by atoms with Crippen molar-refractivity contribution in [3.63, 3.8) is 0 Å². The van der Waals surface area contributed by atoms with E-state index >= 15 is 0 Å². The summed E-state index contributed by atoms with van der Waals surface area (Å²) in [6.07, 6.45) is 0.402. The Kier molecular flexibility index (Phi) is 6.22. The Balaban J connectivity index is 1.88. The fourth-order valence-electron chi connectivity index (χ4n) is 2.20. The van der Waals surface area contributed by atoms with E-state index in [1.807, 2.05) is 30.3 Å². The average molecular weight is 342 g/mol. The normalized spacial score (nSPS) is 11.4. The molecule has 0 spiro atoms. The Morgan fingerprint density at radius 1 is 1.12 bits per heavy atom. The van der Waals surface area contributed by atoms with Crippen LogP contribution in [0.1, 0.15) is 12.5 Å². The number of carbonyl (C=O) groups excluding carboxylic acids is 2. The third-order valence-corrected chi connectivity index (χ3v) is 3.53. The maximum atomic E-state index is 12.0. The van der Waals surface area contributed by atoms with Crippen LogP contribution in [0, 0.1) is 10.1 Å². The highest BCUT2D eigenvalue weighted by atomic mass is 16.6. The van der Waals surface area contributed by atoms with Crippen LogP contribution >= 0.6 is 0 Å². The van der Waals surface area contributed by atoms with Crippen molar-refractivity contribution in [3.8, 4) is 5.75 Å². The lowest BCUT2D eigenvalue weighted by Gasteiger charge is -2.16. The number of ketones is 1. The van der Waals surface area contributed by atoms with Gasteiger partial charge < -0.3 is 10.1 Å². The Morgan fingerprint density at radius 3 is 2.32 bits per heavy atom. The van der Waals surface area contributed by atoms with E-state index in [0.717, 1.165) is 5.56 Å². The van der Waals surface area contributed by atoms with Crippen LogP contribution < -0.4 is 10.1 Å². The van der Waals surface area contributed by atoms with E-state index < -0.39 is 16.9 Å². The summed E-state index contributed by atoms with van der Waals surface area (Å²) in [6.45, 7) is 1.14. The predicted octanol–water partition coefficient (Wildman–Crippen LogP) is 2.29. The Morgan fingerprint density at radius 2 is 1.76 bits per heavy atom. The number of carbonyl (C=O) groups is 2. The SMILES string of the molecule is CC(=O)[C@@H](Cc1ccccc1)NC(=O)COc1ccc([N+](=O)[O-])cc1. The molecule has 2 aromatic carbocycles. The highest BCUT2D eigenvalue weighted by Crippen LogP contribution is 2.17. The summed E-state index contributed by atoms with van der Waals surface area (Å²) in [5.41, 5.74) is 0.885. The maximum absolute atomic E-state index is 12.0. The smallest absolute Gasteiger partial charge is 0.269 e. The fraction of sp³-hybridized carbons (Fsp3) is 0.222. The zero-order valence-electron chi connectivity index (χ0n) is 13.7. The van der Waals surface area contributed by atoms with Gasteiger partial charge in [-0.15, -0.1) is 0 Å². The summed E-state index contributed by atoms with van der Waals surface area (Å²) in [5.74, 6) is -0.245. The molecule has 0 aliphatic carbocycles. The van der Waals surface area contributed by atoms with Crippen molar-refractivity contribution in [1.29, 1.82) is 0 Å². The van der Waals surface area contributed by atoms with E-state index in [-0.39, 0.29) is 18.1 Å². The van der Waals surface area contributed by atoms with Gasteiger partial charge in [-0.3, -0.25) is 19.7 Å². The zero-order chi connectivity index (χ0) is 18.2. The van der Waals surface area contributed by atoms with E-state index in [4.69, 9.17) is 4.74 Å². The van der Waals surface area contributed by atoms with Crippen LogP contribution in [0.4, 0.5) is 5.69 Å². The first kappa shape index (κ1) is 18.1. The minimum atomic E-state index is -0.629. The largest absolute Gasteiger partial charge is 0.484 e. The first-order chi connectivity index (χ1) is 12.0. The van der Waals surface area contributed by atoms with E-state index in [9.17, 15) is 19.7 Å². The number of hydrogen-bond donors (Lipinski definition) is 1. The van der Waals surface area contributed by atoms with Gasteiger partial charge in [0.05, 0.1) is 11.0 Å². The van der Waals surface area contributed by atoms with Crippen molar-refractivity contribution in [2.75, 3.05) is 6.61 Å². The summed E-state index contributed by atoms with van der Waals surface area (Å²) in [7, 11) is 0. The molecule has 0 fully saturated rings. The highest BCUT2D eigenvalue weighted by Gasteiger charge is 2.18. The monoisotopic (exact) mass is 342 g/mol.